The van der Waals surface area contributed by atoms with Gasteiger partial charge in [-0.15, -0.1) is 0 Å². The Morgan fingerprint density at radius 2 is 1.33 bits per heavy atom. The Morgan fingerprint density at radius 1 is 1.00 bits per heavy atom. The van der Waals surface area contributed by atoms with Crippen LogP contribution in [-0.4, -0.2) is 37.8 Å². The minimum absolute atomic E-state index is 0.125. The van der Waals surface area contributed by atoms with Crippen molar-refractivity contribution in [3.63, 3.8) is 0 Å². The molecule has 0 aliphatic heterocycles. The number of hydrogen-bond donors (Lipinski definition) is 5. The smallest absolute Gasteiger partial charge is 0.490 e. The Bertz CT molecular complexity index is 397. The normalized spacial score (nSPS) is 11.6. The van der Waals surface area contributed by atoms with Crippen molar-refractivity contribution in [1.29, 1.82) is 0 Å². The lowest BCUT2D eigenvalue weighted by molar-refractivity contribution is 0.275. The van der Waals surface area contributed by atoms with Crippen LogP contribution in [0.3, 0.4) is 0 Å². The molecule has 1 aromatic carbocycles. The van der Waals surface area contributed by atoms with Gasteiger partial charge in [-0.2, -0.15) is 0 Å². The van der Waals surface area contributed by atoms with Crippen LogP contribution < -0.4 is 4.43 Å². The van der Waals surface area contributed by atoms with Crippen LogP contribution in [0.15, 0.2) is 24.3 Å². The minimum atomic E-state index is -4.64. The Labute approximate surface area is 111 Å². The number of benzene rings is 1. The Morgan fingerprint density at radius 3 is 1.56 bits per heavy atom. The molecule has 0 radical (unpaired) electrons. The van der Waals surface area contributed by atoms with Crippen molar-refractivity contribution in [2.45, 2.75) is 26.2 Å². The van der Waals surface area contributed by atoms with E-state index in [1.54, 1.807) is 12.1 Å². The molecule has 1 rings (SSSR count). The molecule has 0 spiro atoms. The van der Waals surface area contributed by atoms with Crippen LogP contribution in [0.1, 0.15) is 26.3 Å². The maximum atomic E-state index is 9.01. The molecule has 1 aromatic rings. The van der Waals surface area contributed by atoms with E-state index in [0.717, 1.165) is 0 Å². The van der Waals surface area contributed by atoms with Crippen LogP contribution in [0, 0.1) is 0 Å². The Kier molecular flexibility index (Phi) is 6.72. The predicted octanol–water partition coefficient (Wildman–Crippen LogP) is -0.265. The molecule has 0 fully saturated rings. The van der Waals surface area contributed by atoms with Crippen LogP contribution in [0.5, 0.6) is 0 Å². The van der Waals surface area contributed by atoms with Gasteiger partial charge in [-0.1, -0.05) is 45.0 Å². The summed E-state index contributed by atoms with van der Waals surface area (Å²) in [6.07, 6.45) is 0. The second-order valence-electron chi connectivity index (χ2n) is 4.76. The van der Waals surface area contributed by atoms with Crippen LogP contribution in [0.25, 0.3) is 0 Å². The number of hydrogen-bond acceptors (Lipinski definition) is 3. The van der Waals surface area contributed by atoms with Crippen molar-refractivity contribution in [1.82, 2.24) is 0 Å². The SMILES string of the molecule is CC(C)(C)c1cc[c]([Al]([OH])[OH])cc1.O=P(O)(O)O. The molecular formula is C10H18AlO6P. The van der Waals surface area contributed by atoms with E-state index < -0.39 is 22.6 Å². The molecule has 0 aromatic heterocycles. The summed E-state index contributed by atoms with van der Waals surface area (Å²) in [7, 11) is -4.64. The average Bonchev–Trinajstić information content (AvgIpc) is 2.14. The van der Waals surface area contributed by atoms with Gasteiger partial charge >= 0.3 is 22.6 Å². The summed E-state index contributed by atoms with van der Waals surface area (Å²) < 4.78 is 27.6. The predicted molar refractivity (Wildman–Crippen MR) is 69.2 cm³/mol. The van der Waals surface area contributed by atoms with Crippen molar-refractivity contribution >= 4 is 27.1 Å². The fraction of sp³-hybridized carbons (Fsp3) is 0.400. The second kappa shape index (κ2) is 6.81. The van der Waals surface area contributed by atoms with Crippen LogP contribution in [-0.2, 0) is 9.98 Å². The van der Waals surface area contributed by atoms with Crippen molar-refractivity contribution in [2.75, 3.05) is 0 Å². The molecule has 0 aliphatic rings. The van der Waals surface area contributed by atoms with E-state index in [2.05, 4.69) is 20.8 Å². The topological polar surface area (TPSA) is 118 Å². The first-order valence-electron chi connectivity index (χ1n) is 5.16. The first kappa shape index (κ1) is 17.8. The highest BCUT2D eigenvalue weighted by Gasteiger charge is 2.19. The molecule has 0 amide bonds. The van der Waals surface area contributed by atoms with Crippen LogP contribution in [0.4, 0.5) is 0 Å². The Balaban J connectivity index is 0.000000494. The monoisotopic (exact) mass is 292 g/mol. The van der Waals surface area contributed by atoms with Gasteiger partial charge in [-0.3, -0.25) is 0 Å². The molecule has 5 N–H and O–H groups in total. The molecule has 0 saturated carbocycles. The van der Waals surface area contributed by atoms with Crippen molar-refractivity contribution < 1.29 is 27.6 Å². The zero-order valence-electron chi connectivity index (χ0n) is 10.5. The van der Waals surface area contributed by atoms with E-state index in [9.17, 15) is 0 Å². The van der Waals surface area contributed by atoms with Gasteiger partial charge in [-0.25, -0.2) is 4.57 Å². The molecule has 0 unspecified atom stereocenters. The van der Waals surface area contributed by atoms with Gasteiger partial charge in [0, 0.05) is 0 Å². The lowest BCUT2D eigenvalue weighted by Gasteiger charge is -2.18. The van der Waals surface area contributed by atoms with Gasteiger partial charge in [0.15, 0.2) is 0 Å². The third-order valence-electron chi connectivity index (χ3n) is 2.07. The summed E-state index contributed by atoms with van der Waals surface area (Å²) in [5, 5.41) is 0. The average molecular weight is 292 g/mol. The van der Waals surface area contributed by atoms with E-state index in [4.69, 9.17) is 27.6 Å². The largest absolute Gasteiger partial charge is 0.712 e. The highest BCUT2D eigenvalue weighted by atomic mass is 31.2. The van der Waals surface area contributed by atoms with Crippen molar-refractivity contribution in [2.24, 2.45) is 0 Å². The van der Waals surface area contributed by atoms with Gasteiger partial charge in [0.25, 0.3) is 0 Å². The summed E-state index contributed by atoms with van der Waals surface area (Å²) >= 11 is -2.60. The van der Waals surface area contributed by atoms with Gasteiger partial charge in [-0.05, 0) is 15.4 Å². The molecule has 0 heterocycles. The molecule has 0 aliphatic carbocycles. The number of phosphoric acid groups is 1. The lowest BCUT2D eigenvalue weighted by Crippen LogP contribution is -2.29. The summed E-state index contributed by atoms with van der Waals surface area (Å²) in [5.41, 5.74) is 1.34. The second-order valence-corrected chi connectivity index (χ2v) is 7.20. The minimum Gasteiger partial charge on any atom is -0.490 e. The first-order chi connectivity index (χ1) is 7.91. The van der Waals surface area contributed by atoms with E-state index in [-0.39, 0.29) is 5.41 Å². The van der Waals surface area contributed by atoms with Crippen LogP contribution >= 0.6 is 7.82 Å². The van der Waals surface area contributed by atoms with Gasteiger partial charge in [0.1, 0.15) is 0 Å². The molecule has 0 atom stereocenters. The zero-order valence-corrected chi connectivity index (χ0v) is 12.5. The highest BCUT2D eigenvalue weighted by Crippen LogP contribution is 2.25. The molecular weight excluding hydrogens is 274 g/mol. The third-order valence-corrected chi connectivity index (χ3v) is 3.06. The lowest BCUT2D eigenvalue weighted by atomic mass is 9.87. The van der Waals surface area contributed by atoms with E-state index in [0.29, 0.717) is 4.43 Å². The van der Waals surface area contributed by atoms with Gasteiger partial charge < -0.3 is 23.0 Å². The fourth-order valence-electron chi connectivity index (χ4n) is 1.16. The van der Waals surface area contributed by atoms with Crippen molar-refractivity contribution in [3.05, 3.63) is 29.8 Å². The van der Waals surface area contributed by atoms with E-state index in [1.165, 1.54) is 5.56 Å². The van der Waals surface area contributed by atoms with Crippen molar-refractivity contribution in [3.8, 4) is 0 Å². The summed E-state index contributed by atoms with van der Waals surface area (Å²) in [6, 6.07) is 7.53. The molecule has 18 heavy (non-hydrogen) atoms. The standard InChI is InChI=1S/C10H13.Al.H3O4P.2H2O/c1-10(2,3)9-7-5-4-6-8-9;;1-5(2,3)4;;/h5-8H,1-3H3;;(H3,1,2,3,4);2*1H2/q;+2;;;/p-2. The number of rotatable bonds is 1. The first-order valence-corrected chi connectivity index (χ1v) is 8.33. The zero-order chi connectivity index (χ0) is 14.6. The van der Waals surface area contributed by atoms with E-state index in [1.807, 2.05) is 12.1 Å². The van der Waals surface area contributed by atoms with Gasteiger partial charge in [0.05, 0.1) is 0 Å². The quantitative estimate of drug-likeness (QED) is 0.359. The molecule has 6 nitrogen and oxygen atoms in total. The van der Waals surface area contributed by atoms with Crippen LogP contribution in [0.2, 0.25) is 0 Å². The maximum absolute atomic E-state index is 9.01. The molecule has 8 heteroatoms. The fourth-order valence-corrected chi connectivity index (χ4v) is 1.69. The van der Waals surface area contributed by atoms with Gasteiger partial charge in [0.2, 0.25) is 0 Å². The molecule has 0 bridgehead atoms. The third kappa shape index (κ3) is 8.81. The molecule has 102 valence electrons. The summed E-state index contributed by atoms with van der Waals surface area (Å²) in [4.78, 5) is 21.6. The van der Waals surface area contributed by atoms with E-state index >= 15 is 0 Å². The Hall–Kier alpha value is -0.218. The summed E-state index contributed by atoms with van der Waals surface area (Å²) in [6.45, 7) is 6.40. The highest BCUT2D eigenvalue weighted by molar-refractivity contribution is 7.45. The molecule has 0 saturated heterocycles. The maximum Gasteiger partial charge on any atom is 0.712 e. The summed E-state index contributed by atoms with van der Waals surface area (Å²) in [5.74, 6) is 0.